The van der Waals surface area contributed by atoms with Gasteiger partial charge in [0, 0.05) is 13.1 Å². The number of likely N-dealkylation sites (N-methyl/N-ethyl adjacent to an activating group) is 1. The van der Waals surface area contributed by atoms with Gasteiger partial charge in [-0.25, -0.2) is 0 Å². The van der Waals surface area contributed by atoms with Gasteiger partial charge in [-0.05, 0) is 25.6 Å². The lowest BCUT2D eigenvalue weighted by Crippen LogP contribution is -2.51. The average molecular weight is 236 g/mol. The van der Waals surface area contributed by atoms with Crippen LogP contribution in [0.1, 0.15) is 12.6 Å². The van der Waals surface area contributed by atoms with E-state index in [2.05, 4.69) is 27.3 Å². The Labute approximate surface area is 102 Å². The van der Waals surface area contributed by atoms with Gasteiger partial charge in [0.15, 0.2) is 5.82 Å². The van der Waals surface area contributed by atoms with Crippen molar-refractivity contribution in [2.24, 2.45) is 0 Å². The molecule has 1 atom stereocenters. The average Bonchev–Trinajstić information content (AvgIpc) is 2.38. The predicted molar refractivity (Wildman–Crippen MR) is 67.3 cm³/mol. The Kier molecular flexibility index (Phi) is 4.28. The number of hydrogen-bond donors (Lipinski definition) is 1. The van der Waals surface area contributed by atoms with Crippen LogP contribution in [-0.2, 0) is 4.74 Å². The van der Waals surface area contributed by atoms with E-state index in [4.69, 9.17) is 4.74 Å². The van der Waals surface area contributed by atoms with Crippen LogP contribution in [0.3, 0.4) is 0 Å². The molecule has 0 saturated carbocycles. The van der Waals surface area contributed by atoms with Crippen molar-refractivity contribution in [3.05, 3.63) is 17.8 Å². The Bertz CT molecular complexity index is 341. The van der Waals surface area contributed by atoms with Gasteiger partial charge in [0.05, 0.1) is 24.9 Å². The van der Waals surface area contributed by atoms with Crippen molar-refractivity contribution in [1.82, 2.24) is 15.5 Å². The van der Waals surface area contributed by atoms with Gasteiger partial charge in [0.1, 0.15) is 0 Å². The first-order valence-corrected chi connectivity index (χ1v) is 6.16. The van der Waals surface area contributed by atoms with E-state index in [0.29, 0.717) is 6.04 Å². The molecule has 1 aromatic heterocycles. The van der Waals surface area contributed by atoms with Crippen LogP contribution in [0.4, 0.5) is 5.82 Å². The van der Waals surface area contributed by atoms with E-state index in [1.807, 2.05) is 19.1 Å². The maximum atomic E-state index is 5.52. The Morgan fingerprint density at radius 3 is 3.06 bits per heavy atom. The molecule has 1 aromatic rings. The first-order chi connectivity index (χ1) is 8.31. The largest absolute Gasteiger partial charge is 0.377 e. The molecule has 1 saturated heterocycles. The third-order valence-corrected chi connectivity index (χ3v) is 2.94. The number of morpholine rings is 1. The number of nitrogens with one attached hydrogen (secondary N) is 1. The Balaban J connectivity index is 2.07. The summed E-state index contributed by atoms with van der Waals surface area (Å²) in [6, 6.07) is 4.38. The summed E-state index contributed by atoms with van der Waals surface area (Å²) in [7, 11) is 0. The topological polar surface area (TPSA) is 50.3 Å². The third-order valence-electron chi connectivity index (χ3n) is 2.94. The van der Waals surface area contributed by atoms with Gasteiger partial charge in [0.2, 0.25) is 0 Å². The van der Waals surface area contributed by atoms with Gasteiger partial charge in [-0.3, -0.25) is 0 Å². The van der Waals surface area contributed by atoms with Crippen molar-refractivity contribution in [2.75, 3.05) is 37.7 Å². The predicted octanol–water partition coefficient (Wildman–Crippen LogP) is 0.600. The number of aromatic nitrogens is 2. The lowest BCUT2D eigenvalue weighted by molar-refractivity contribution is 0.0934. The van der Waals surface area contributed by atoms with Crippen LogP contribution in [0.2, 0.25) is 0 Å². The van der Waals surface area contributed by atoms with E-state index in [9.17, 15) is 0 Å². The highest BCUT2D eigenvalue weighted by atomic mass is 16.5. The maximum Gasteiger partial charge on any atom is 0.151 e. The molecule has 2 rings (SSSR count). The van der Waals surface area contributed by atoms with Crippen molar-refractivity contribution in [2.45, 2.75) is 19.9 Å². The van der Waals surface area contributed by atoms with Crippen molar-refractivity contribution >= 4 is 5.82 Å². The highest BCUT2D eigenvalue weighted by Crippen LogP contribution is 2.16. The summed E-state index contributed by atoms with van der Waals surface area (Å²) in [5.41, 5.74) is 0.949. The van der Waals surface area contributed by atoms with Crippen LogP contribution in [-0.4, -0.2) is 49.1 Å². The highest BCUT2D eigenvalue weighted by Gasteiger charge is 2.23. The fraction of sp³-hybridized carbons (Fsp3) is 0.667. The number of anilines is 1. The van der Waals surface area contributed by atoms with Crippen molar-refractivity contribution in [1.29, 1.82) is 0 Å². The number of hydrogen-bond acceptors (Lipinski definition) is 5. The molecule has 17 heavy (non-hydrogen) atoms. The van der Waals surface area contributed by atoms with Gasteiger partial charge in [-0.1, -0.05) is 6.92 Å². The Morgan fingerprint density at radius 2 is 2.35 bits per heavy atom. The smallest absolute Gasteiger partial charge is 0.151 e. The second kappa shape index (κ2) is 5.93. The molecular weight excluding hydrogens is 216 g/mol. The first kappa shape index (κ1) is 12.3. The van der Waals surface area contributed by atoms with Crippen molar-refractivity contribution in [3.8, 4) is 0 Å². The van der Waals surface area contributed by atoms with E-state index in [0.717, 1.165) is 44.4 Å². The van der Waals surface area contributed by atoms with E-state index in [1.54, 1.807) is 0 Å². The fourth-order valence-electron chi connectivity index (χ4n) is 1.98. The lowest BCUT2D eigenvalue weighted by Gasteiger charge is -2.36. The van der Waals surface area contributed by atoms with Gasteiger partial charge < -0.3 is 15.0 Å². The highest BCUT2D eigenvalue weighted by molar-refractivity contribution is 5.39. The van der Waals surface area contributed by atoms with Crippen LogP contribution in [0.5, 0.6) is 0 Å². The summed E-state index contributed by atoms with van der Waals surface area (Å²) in [6.07, 6.45) is 0. The zero-order valence-electron chi connectivity index (χ0n) is 10.5. The molecule has 1 aliphatic rings. The summed E-state index contributed by atoms with van der Waals surface area (Å²) in [5.74, 6) is 0.946. The zero-order chi connectivity index (χ0) is 12.1. The molecule has 0 spiro atoms. The third kappa shape index (κ3) is 3.14. The number of aryl methyl sites for hydroxylation is 1. The monoisotopic (exact) mass is 236 g/mol. The van der Waals surface area contributed by atoms with E-state index in [1.165, 1.54) is 0 Å². The molecule has 0 amide bonds. The molecular formula is C12H20N4O. The minimum absolute atomic E-state index is 0.348. The number of nitrogens with zero attached hydrogens (tertiary/aromatic N) is 3. The zero-order valence-corrected chi connectivity index (χ0v) is 10.5. The van der Waals surface area contributed by atoms with Crippen LogP contribution in [0, 0.1) is 6.92 Å². The minimum atomic E-state index is 0.348. The van der Waals surface area contributed by atoms with Gasteiger partial charge in [-0.15, -0.1) is 5.10 Å². The summed E-state index contributed by atoms with van der Waals surface area (Å²) in [5, 5.41) is 11.7. The molecule has 0 bridgehead atoms. The summed E-state index contributed by atoms with van der Waals surface area (Å²) in [4.78, 5) is 2.28. The number of ether oxygens (including phenoxy) is 1. The van der Waals surface area contributed by atoms with Crippen molar-refractivity contribution < 1.29 is 4.74 Å². The molecule has 5 heteroatoms. The minimum Gasteiger partial charge on any atom is -0.377 e. The number of rotatable bonds is 4. The molecule has 1 fully saturated rings. The van der Waals surface area contributed by atoms with Crippen molar-refractivity contribution in [3.63, 3.8) is 0 Å². The van der Waals surface area contributed by atoms with Crippen LogP contribution in [0.15, 0.2) is 12.1 Å². The van der Waals surface area contributed by atoms with Crippen LogP contribution in [0.25, 0.3) is 0 Å². The van der Waals surface area contributed by atoms with Gasteiger partial charge in [-0.2, -0.15) is 5.10 Å². The van der Waals surface area contributed by atoms with Crippen LogP contribution < -0.4 is 10.2 Å². The normalized spacial score (nSPS) is 20.6. The second-order valence-corrected chi connectivity index (χ2v) is 4.26. The van der Waals surface area contributed by atoms with E-state index >= 15 is 0 Å². The van der Waals surface area contributed by atoms with E-state index in [-0.39, 0.29) is 0 Å². The lowest BCUT2D eigenvalue weighted by atomic mass is 10.2. The molecule has 0 radical (unpaired) electrons. The van der Waals surface area contributed by atoms with Gasteiger partial charge in [0.25, 0.3) is 0 Å². The Hall–Kier alpha value is -1.20. The molecule has 2 heterocycles. The molecule has 1 N–H and O–H groups in total. The van der Waals surface area contributed by atoms with Crippen LogP contribution >= 0.6 is 0 Å². The summed E-state index contributed by atoms with van der Waals surface area (Å²) < 4.78 is 5.52. The molecule has 5 nitrogen and oxygen atoms in total. The standard InChI is InChI=1S/C12H20N4O/c1-3-13-8-11-9-17-7-6-16(11)12-5-4-10(2)14-15-12/h4-5,11,13H,3,6-9H2,1-2H3. The molecule has 1 unspecified atom stereocenters. The Morgan fingerprint density at radius 1 is 1.47 bits per heavy atom. The fourth-order valence-corrected chi connectivity index (χ4v) is 1.98. The molecule has 0 aliphatic carbocycles. The SMILES string of the molecule is CCNCC1COCCN1c1ccc(C)nn1. The quantitative estimate of drug-likeness (QED) is 0.829. The molecule has 94 valence electrons. The summed E-state index contributed by atoms with van der Waals surface area (Å²) in [6.45, 7) is 8.36. The summed E-state index contributed by atoms with van der Waals surface area (Å²) >= 11 is 0. The molecule has 0 aromatic carbocycles. The van der Waals surface area contributed by atoms with Gasteiger partial charge >= 0.3 is 0 Å². The maximum absolute atomic E-state index is 5.52. The second-order valence-electron chi connectivity index (χ2n) is 4.26. The molecule has 1 aliphatic heterocycles. The van der Waals surface area contributed by atoms with E-state index < -0.39 is 0 Å². The first-order valence-electron chi connectivity index (χ1n) is 6.16.